The van der Waals surface area contributed by atoms with E-state index in [1.807, 2.05) is 0 Å². The molecule has 0 spiro atoms. The molecule has 3 aromatic carbocycles. The number of aryl methyl sites for hydroxylation is 1. The maximum atomic E-state index is 15.7. The number of halogens is 5. The second-order valence-corrected chi connectivity index (χ2v) is 9.41. The van der Waals surface area contributed by atoms with Gasteiger partial charge in [-0.25, -0.2) is 8.78 Å². The molecule has 35 heavy (non-hydrogen) atoms. The minimum Gasteiger partial charge on any atom is -0.453 e. The van der Waals surface area contributed by atoms with Crippen LogP contribution in [-0.4, -0.2) is 0 Å². The van der Waals surface area contributed by atoms with Gasteiger partial charge < -0.3 is 4.74 Å². The summed E-state index contributed by atoms with van der Waals surface area (Å²) in [6.45, 7) is 3.74. The predicted octanol–water partition coefficient (Wildman–Crippen LogP) is 9.83. The third kappa shape index (κ3) is 5.52. The second kappa shape index (κ2) is 10.4. The van der Waals surface area contributed by atoms with Gasteiger partial charge in [-0.3, -0.25) is 0 Å². The monoisotopic (exact) mass is 488 g/mol. The summed E-state index contributed by atoms with van der Waals surface area (Å²) in [6.07, 6.45) is 1.21. The van der Waals surface area contributed by atoms with Crippen molar-refractivity contribution in [2.75, 3.05) is 0 Å². The Morgan fingerprint density at radius 3 is 2.20 bits per heavy atom. The SMILES string of the molecule is CCC[C@H]1CC[C@H](c2c(F)cc(C)c(Oc3ccccc3-c3ccc(C(F)(F)F)cc3)c2F)CC1. The summed E-state index contributed by atoms with van der Waals surface area (Å²) in [5.74, 6) is -0.587. The van der Waals surface area contributed by atoms with Crippen molar-refractivity contribution in [1.29, 1.82) is 0 Å². The van der Waals surface area contributed by atoms with Crippen molar-refractivity contribution in [1.82, 2.24) is 0 Å². The van der Waals surface area contributed by atoms with Crippen LogP contribution in [-0.2, 0) is 6.18 Å². The van der Waals surface area contributed by atoms with Crippen LogP contribution in [0.25, 0.3) is 11.1 Å². The Morgan fingerprint density at radius 2 is 1.57 bits per heavy atom. The van der Waals surface area contributed by atoms with E-state index >= 15 is 4.39 Å². The largest absolute Gasteiger partial charge is 0.453 e. The number of benzene rings is 3. The highest BCUT2D eigenvalue weighted by Crippen LogP contribution is 2.44. The highest BCUT2D eigenvalue weighted by atomic mass is 19.4. The fourth-order valence-corrected chi connectivity index (χ4v) is 5.12. The first-order valence-corrected chi connectivity index (χ1v) is 12.1. The Bertz CT molecular complexity index is 1160. The van der Waals surface area contributed by atoms with Gasteiger partial charge in [0.15, 0.2) is 11.6 Å². The van der Waals surface area contributed by atoms with E-state index in [2.05, 4.69) is 6.92 Å². The number of hydrogen-bond donors (Lipinski definition) is 0. The van der Waals surface area contributed by atoms with E-state index < -0.39 is 23.4 Å². The first-order chi connectivity index (χ1) is 16.7. The minimum absolute atomic E-state index is 0.0450. The zero-order chi connectivity index (χ0) is 25.2. The van der Waals surface area contributed by atoms with Gasteiger partial charge in [0.1, 0.15) is 11.6 Å². The van der Waals surface area contributed by atoms with Crippen molar-refractivity contribution in [2.24, 2.45) is 5.92 Å². The highest BCUT2D eigenvalue weighted by molar-refractivity contribution is 5.71. The average Bonchev–Trinajstić information content (AvgIpc) is 2.83. The van der Waals surface area contributed by atoms with Gasteiger partial charge in [0.25, 0.3) is 0 Å². The van der Waals surface area contributed by atoms with E-state index in [1.54, 1.807) is 31.2 Å². The summed E-state index contributed by atoms with van der Waals surface area (Å²) in [5, 5.41) is 0. The number of ether oxygens (including phenoxy) is 1. The van der Waals surface area contributed by atoms with Crippen LogP contribution in [0.1, 0.15) is 68.1 Å². The molecule has 1 aliphatic carbocycles. The van der Waals surface area contributed by atoms with Gasteiger partial charge in [0, 0.05) is 11.1 Å². The molecule has 0 radical (unpaired) electrons. The van der Waals surface area contributed by atoms with Crippen LogP contribution in [0.4, 0.5) is 22.0 Å². The molecule has 0 N–H and O–H groups in total. The third-order valence-corrected chi connectivity index (χ3v) is 6.97. The molecule has 3 aromatic rings. The lowest BCUT2D eigenvalue weighted by Gasteiger charge is -2.29. The zero-order valence-corrected chi connectivity index (χ0v) is 19.9. The topological polar surface area (TPSA) is 9.23 Å². The van der Waals surface area contributed by atoms with Gasteiger partial charge in [-0.2, -0.15) is 13.2 Å². The van der Waals surface area contributed by atoms with Gasteiger partial charge in [-0.15, -0.1) is 0 Å². The normalized spacial score (nSPS) is 18.5. The molecule has 1 nitrogen and oxygen atoms in total. The molecular weight excluding hydrogens is 459 g/mol. The molecule has 0 amide bonds. The van der Waals surface area contributed by atoms with Crippen LogP contribution in [0.3, 0.4) is 0 Å². The fourth-order valence-electron chi connectivity index (χ4n) is 5.12. The molecule has 0 heterocycles. The molecule has 0 bridgehead atoms. The Kier molecular flexibility index (Phi) is 7.48. The fraction of sp³-hybridized carbons (Fsp3) is 0.379. The molecule has 1 aliphatic rings. The smallest absolute Gasteiger partial charge is 0.416 e. The van der Waals surface area contributed by atoms with Crippen LogP contribution in [0.2, 0.25) is 0 Å². The van der Waals surface area contributed by atoms with Gasteiger partial charge >= 0.3 is 6.18 Å². The van der Waals surface area contributed by atoms with E-state index in [9.17, 15) is 17.6 Å². The second-order valence-electron chi connectivity index (χ2n) is 9.41. The Labute approximate surface area is 202 Å². The van der Waals surface area contributed by atoms with Crippen LogP contribution in [0, 0.1) is 24.5 Å². The van der Waals surface area contributed by atoms with E-state index in [0.717, 1.165) is 50.7 Å². The number of hydrogen-bond acceptors (Lipinski definition) is 1. The lowest BCUT2D eigenvalue weighted by atomic mass is 9.77. The van der Waals surface area contributed by atoms with Crippen molar-refractivity contribution in [3.05, 3.63) is 82.9 Å². The molecule has 4 rings (SSSR count). The molecule has 0 unspecified atom stereocenters. The summed E-state index contributed by atoms with van der Waals surface area (Å²) in [6, 6.07) is 12.8. The predicted molar refractivity (Wildman–Crippen MR) is 128 cm³/mol. The molecular formula is C29H29F5O. The van der Waals surface area contributed by atoms with Gasteiger partial charge in [0.2, 0.25) is 0 Å². The molecule has 6 heteroatoms. The molecule has 0 saturated heterocycles. The first-order valence-electron chi connectivity index (χ1n) is 12.1. The molecule has 1 saturated carbocycles. The van der Waals surface area contributed by atoms with Crippen LogP contribution < -0.4 is 4.74 Å². The molecule has 1 fully saturated rings. The maximum Gasteiger partial charge on any atom is 0.416 e. The van der Waals surface area contributed by atoms with Crippen molar-refractivity contribution in [3.8, 4) is 22.6 Å². The molecule has 0 aromatic heterocycles. The van der Waals surface area contributed by atoms with Crippen LogP contribution in [0.5, 0.6) is 11.5 Å². The lowest BCUT2D eigenvalue weighted by Crippen LogP contribution is -2.16. The van der Waals surface area contributed by atoms with Crippen molar-refractivity contribution in [3.63, 3.8) is 0 Å². The number of para-hydroxylation sites is 1. The van der Waals surface area contributed by atoms with E-state index in [0.29, 0.717) is 28.4 Å². The van der Waals surface area contributed by atoms with Crippen LogP contribution >= 0.6 is 0 Å². The minimum atomic E-state index is -4.44. The quantitative estimate of drug-likeness (QED) is 0.314. The van der Waals surface area contributed by atoms with E-state index in [4.69, 9.17) is 4.74 Å². The van der Waals surface area contributed by atoms with Crippen molar-refractivity contribution >= 4 is 0 Å². The summed E-state index contributed by atoms with van der Waals surface area (Å²) in [4.78, 5) is 0. The highest BCUT2D eigenvalue weighted by Gasteiger charge is 2.31. The molecule has 0 aliphatic heterocycles. The Morgan fingerprint density at radius 1 is 0.914 bits per heavy atom. The first kappa shape index (κ1) is 25.2. The number of alkyl halides is 3. The standard InChI is InChI=1S/C29H29F5O/c1-3-6-19-9-11-21(12-10-19)26-24(30)17-18(2)28(27(26)31)35-25-8-5-4-7-23(25)20-13-15-22(16-14-20)29(32,33)34/h4-5,7-8,13-17,19,21H,3,6,9-12H2,1-2H3/t19-,21-. The van der Waals surface area contributed by atoms with E-state index in [-0.39, 0.29) is 17.2 Å². The van der Waals surface area contributed by atoms with Crippen molar-refractivity contribution in [2.45, 2.75) is 64.5 Å². The van der Waals surface area contributed by atoms with E-state index in [1.165, 1.54) is 18.2 Å². The van der Waals surface area contributed by atoms with Crippen LogP contribution in [0.15, 0.2) is 54.6 Å². The Hall–Kier alpha value is -2.89. The zero-order valence-electron chi connectivity index (χ0n) is 19.9. The van der Waals surface area contributed by atoms with Crippen molar-refractivity contribution < 1.29 is 26.7 Å². The molecule has 186 valence electrons. The third-order valence-electron chi connectivity index (χ3n) is 6.97. The average molecular weight is 489 g/mol. The van der Waals surface area contributed by atoms with Gasteiger partial charge in [-0.05, 0) is 79.8 Å². The number of rotatable bonds is 6. The molecule has 0 atom stereocenters. The lowest BCUT2D eigenvalue weighted by molar-refractivity contribution is -0.137. The Balaban J connectivity index is 1.65. The summed E-state index contributed by atoms with van der Waals surface area (Å²) in [5.41, 5.74) is 0.672. The maximum absolute atomic E-state index is 15.7. The summed E-state index contributed by atoms with van der Waals surface area (Å²) < 4.78 is 75.6. The summed E-state index contributed by atoms with van der Waals surface area (Å²) >= 11 is 0. The van der Waals surface area contributed by atoms with Gasteiger partial charge in [0.05, 0.1) is 5.56 Å². The van der Waals surface area contributed by atoms with Gasteiger partial charge in [-0.1, -0.05) is 50.1 Å². The summed E-state index contributed by atoms with van der Waals surface area (Å²) in [7, 11) is 0.